The van der Waals surface area contributed by atoms with Gasteiger partial charge in [0.15, 0.2) is 12.4 Å². The van der Waals surface area contributed by atoms with Crippen LogP contribution in [0.1, 0.15) is 30.1 Å². The van der Waals surface area contributed by atoms with Gasteiger partial charge >= 0.3 is 0 Å². The number of nitrogens with zero attached hydrogens (tertiary/aromatic N) is 2. The molecular formula is C21H23N3O5S. The molecule has 1 amide bonds. The Hall–Kier alpha value is -3.20. The van der Waals surface area contributed by atoms with E-state index in [-0.39, 0.29) is 17.3 Å². The summed E-state index contributed by atoms with van der Waals surface area (Å²) in [6.45, 7) is 1.94. The largest absolute Gasteiger partial charge is 0.484 e. The number of Topliss-reactive ketones (excluding diaryl/α,β-unsaturated/α-hetero) is 1. The maximum atomic E-state index is 12.6. The number of amides is 1. The van der Waals surface area contributed by atoms with Crippen LogP contribution >= 0.6 is 0 Å². The smallest absolute Gasteiger partial charge is 0.284 e. The Morgan fingerprint density at radius 1 is 1.17 bits per heavy atom. The van der Waals surface area contributed by atoms with E-state index in [1.807, 2.05) is 11.9 Å². The molecule has 0 aliphatic carbocycles. The normalized spacial score (nSPS) is 15.3. The zero-order chi connectivity index (χ0) is 21.7. The molecule has 1 aliphatic rings. The summed E-state index contributed by atoms with van der Waals surface area (Å²) in [6.07, 6.45) is 1.49. The number of amidine groups is 1. The Bertz CT molecular complexity index is 1100. The molecule has 1 saturated heterocycles. The Morgan fingerprint density at radius 3 is 2.63 bits per heavy atom. The van der Waals surface area contributed by atoms with Gasteiger partial charge in [-0.2, -0.15) is 8.42 Å². The van der Waals surface area contributed by atoms with Gasteiger partial charge in [-0.05, 0) is 43.7 Å². The molecule has 0 aromatic heterocycles. The van der Waals surface area contributed by atoms with Crippen LogP contribution in [0.2, 0.25) is 0 Å². The summed E-state index contributed by atoms with van der Waals surface area (Å²) < 4.78 is 34.5. The lowest BCUT2D eigenvalue weighted by atomic mass is 10.1. The Balaban J connectivity index is 1.65. The van der Waals surface area contributed by atoms with Crippen LogP contribution in [0.4, 0.5) is 5.69 Å². The zero-order valence-electron chi connectivity index (χ0n) is 16.8. The van der Waals surface area contributed by atoms with E-state index in [0.717, 1.165) is 13.0 Å². The van der Waals surface area contributed by atoms with Crippen molar-refractivity contribution in [1.82, 2.24) is 4.90 Å². The van der Waals surface area contributed by atoms with Crippen molar-refractivity contribution < 1.29 is 22.7 Å². The minimum Gasteiger partial charge on any atom is -0.484 e. The molecule has 0 bridgehead atoms. The molecule has 2 aromatic carbocycles. The van der Waals surface area contributed by atoms with E-state index in [0.29, 0.717) is 29.3 Å². The number of nitrogens with one attached hydrogen (secondary N) is 1. The van der Waals surface area contributed by atoms with Gasteiger partial charge in [-0.15, -0.1) is 4.40 Å². The first-order chi connectivity index (χ1) is 14.2. The third-order valence-corrected chi connectivity index (χ3v) is 5.89. The summed E-state index contributed by atoms with van der Waals surface area (Å²) in [5.41, 5.74) is 0.808. The van der Waals surface area contributed by atoms with Crippen LogP contribution in [0.25, 0.3) is 0 Å². The minimum atomic E-state index is -3.87. The number of hydrogen-bond acceptors (Lipinski definition) is 5. The molecule has 0 atom stereocenters. The molecule has 9 heteroatoms. The van der Waals surface area contributed by atoms with E-state index in [1.54, 1.807) is 30.3 Å². The third kappa shape index (κ3) is 5.44. The maximum Gasteiger partial charge on any atom is 0.284 e. The fourth-order valence-corrected chi connectivity index (χ4v) is 4.13. The lowest BCUT2D eigenvalue weighted by Gasteiger charge is -2.11. The first kappa shape index (κ1) is 21.5. The number of likely N-dealkylation sites (tertiary alicyclic amines) is 1. The van der Waals surface area contributed by atoms with Gasteiger partial charge in [0.25, 0.3) is 15.9 Å². The monoisotopic (exact) mass is 429 g/mol. The van der Waals surface area contributed by atoms with Crippen molar-refractivity contribution in [3.8, 4) is 5.75 Å². The van der Waals surface area contributed by atoms with Crippen LogP contribution in [0, 0.1) is 0 Å². The molecule has 0 spiro atoms. The number of sulfonamides is 1. The van der Waals surface area contributed by atoms with E-state index in [2.05, 4.69) is 9.71 Å². The van der Waals surface area contributed by atoms with Crippen molar-refractivity contribution >= 4 is 33.2 Å². The molecule has 1 fully saturated rings. The maximum absolute atomic E-state index is 12.6. The van der Waals surface area contributed by atoms with Crippen LogP contribution in [-0.4, -0.2) is 51.0 Å². The SMILES string of the molecule is CC(=O)c1cccc(OCC(=O)Nc2cccc(S(=O)(=O)/N=C3\CCCN3C)c2)c1. The fraction of sp³-hybridized carbons (Fsp3) is 0.286. The Kier molecular flexibility index (Phi) is 6.51. The average molecular weight is 429 g/mol. The fourth-order valence-electron chi connectivity index (χ4n) is 2.99. The van der Waals surface area contributed by atoms with Crippen LogP contribution in [0.3, 0.4) is 0 Å². The number of benzene rings is 2. The van der Waals surface area contributed by atoms with Gasteiger partial charge in [-0.3, -0.25) is 9.59 Å². The second kappa shape index (κ2) is 9.08. The van der Waals surface area contributed by atoms with E-state index in [9.17, 15) is 18.0 Å². The molecule has 0 saturated carbocycles. The molecule has 30 heavy (non-hydrogen) atoms. The zero-order valence-corrected chi connectivity index (χ0v) is 17.6. The topological polar surface area (TPSA) is 105 Å². The van der Waals surface area contributed by atoms with Gasteiger partial charge in [0, 0.05) is 31.3 Å². The van der Waals surface area contributed by atoms with Crippen molar-refractivity contribution in [2.45, 2.75) is 24.7 Å². The summed E-state index contributed by atoms with van der Waals surface area (Å²) in [4.78, 5) is 25.4. The number of rotatable bonds is 7. The van der Waals surface area contributed by atoms with Crippen LogP contribution in [-0.2, 0) is 14.8 Å². The van der Waals surface area contributed by atoms with Crippen molar-refractivity contribution in [2.24, 2.45) is 4.40 Å². The molecule has 8 nitrogen and oxygen atoms in total. The van der Waals surface area contributed by atoms with Crippen molar-refractivity contribution in [2.75, 3.05) is 25.5 Å². The highest BCUT2D eigenvalue weighted by molar-refractivity contribution is 7.90. The van der Waals surface area contributed by atoms with Gasteiger partial charge in [-0.25, -0.2) is 0 Å². The summed E-state index contributed by atoms with van der Waals surface area (Å²) >= 11 is 0. The van der Waals surface area contributed by atoms with Crippen LogP contribution in [0.15, 0.2) is 57.8 Å². The third-order valence-electron chi connectivity index (χ3n) is 4.59. The van der Waals surface area contributed by atoms with Gasteiger partial charge < -0.3 is 15.0 Å². The lowest BCUT2D eigenvalue weighted by Crippen LogP contribution is -2.21. The van der Waals surface area contributed by atoms with Gasteiger partial charge in [0.1, 0.15) is 11.6 Å². The van der Waals surface area contributed by atoms with E-state index >= 15 is 0 Å². The number of carbonyl (C=O) groups excluding carboxylic acids is 2. The molecule has 1 N–H and O–H groups in total. The van der Waals surface area contributed by atoms with Crippen LogP contribution in [0.5, 0.6) is 5.75 Å². The highest BCUT2D eigenvalue weighted by Crippen LogP contribution is 2.20. The highest BCUT2D eigenvalue weighted by Gasteiger charge is 2.20. The van der Waals surface area contributed by atoms with Crippen molar-refractivity contribution in [1.29, 1.82) is 0 Å². The second-order valence-corrected chi connectivity index (χ2v) is 8.56. The average Bonchev–Trinajstić information content (AvgIpc) is 3.10. The number of hydrogen-bond donors (Lipinski definition) is 1. The van der Waals surface area contributed by atoms with E-state index in [4.69, 9.17) is 4.74 Å². The summed E-state index contributed by atoms with van der Waals surface area (Å²) in [7, 11) is -2.06. The molecular weight excluding hydrogens is 406 g/mol. The molecule has 0 unspecified atom stereocenters. The Labute approximate surface area is 175 Å². The standard InChI is InChI=1S/C21H23N3O5S/c1-15(25)16-6-3-8-18(12-16)29-14-21(26)22-17-7-4-9-19(13-17)30(27,28)23-20-10-5-11-24(20)2/h3-4,6-9,12-13H,5,10-11,14H2,1-2H3,(H,22,26)/b23-20+. The number of ketones is 1. The Morgan fingerprint density at radius 2 is 1.93 bits per heavy atom. The van der Waals surface area contributed by atoms with Crippen LogP contribution < -0.4 is 10.1 Å². The molecule has 2 aromatic rings. The quantitative estimate of drug-likeness (QED) is 0.679. The first-order valence-corrected chi connectivity index (χ1v) is 10.9. The molecule has 1 heterocycles. The summed E-state index contributed by atoms with van der Waals surface area (Å²) in [6, 6.07) is 12.5. The van der Waals surface area contributed by atoms with Crippen molar-refractivity contribution in [3.05, 3.63) is 54.1 Å². The van der Waals surface area contributed by atoms with Gasteiger partial charge in [-0.1, -0.05) is 18.2 Å². The number of carbonyl (C=O) groups is 2. The van der Waals surface area contributed by atoms with E-state index in [1.165, 1.54) is 25.1 Å². The van der Waals surface area contributed by atoms with Crippen molar-refractivity contribution in [3.63, 3.8) is 0 Å². The van der Waals surface area contributed by atoms with Gasteiger partial charge in [0.05, 0.1) is 4.90 Å². The van der Waals surface area contributed by atoms with E-state index < -0.39 is 15.9 Å². The lowest BCUT2D eigenvalue weighted by molar-refractivity contribution is -0.118. The molecule has 3 rings (SSSR count). The highest BCUT2D eigenvalue weighted by atomic mass is 32.2. The number of ether oxygens (including phenoxy) is 1. The van der Waals surface area contributed by atoms with Gasteiger partial charge in [0.2, 0.25) is 0 Å². The molecule has 0 radical (unpaired) electrons. The summed E-state index contributed by atoms with van der Waals surface area (Å²) in [5, 5.41) is 2.61. The first-order valence-electron chi connectivity index (χ1n) is 9.43. The molecule has 1 aliphatic heterocycles. The second-order valence-electron chi connectivity index (χ2n) is 6.96. The molecule has 158 valence electrons. The minimum absolute atomic E-state index is 0.00294. The summed E-state index contributed by atoms with van der Waals surface area (Å²) in [5.74, 6) is 0.367. The predicted molar refractivity (Wildman–Crippen MR) is 113 cm³/mol. The number of anilines is 1. The predicted octanol–water partition coefficient (Wildman–Crippen LogP) is 2.72.